The van der Waals surface area contributed by atoms with Crippen LogP contribution in [0.4, 0.5) is 8.78 Å². The Kier molecular flexibility index (Phi) is 9.15. The molecule has 0 bridgehead atoms. The summed E-state index contributed by atoms with van der Waals surface area (Å²) in [5, 5.41) is 12.9. The molecule has 0 radical (unpaired) electrons. The minimum absolute atomic E-state index is 0.155. The van der Waals surface area contributed by atoms with Gasteiger partial charge in [0, 0.05) is 13.0 Å². The number of aliphatic hydroxyl groups excluding tert-OH is 1. The summed E-state index contributed by atoms with van der Waals surface area (Å²) in [7, 11) is 1.83. The van der Waals surface area contributed by atoms with Gasteiger partial charge in [0.2, 0.25) is 0 Å². The number of halogens is 2. The molecule has 0 spiro atoms. The van der Waals surface area contributed by atoms with Crippen LogP contribution in [0.3, 0.4) is 0 Å². The van der Waals surface area contributed by atoms with Gasteiger partial charge in [-0.25, -0.2) is 23.7 Å². The summed E-state index contributed by atoms with van der Waals surface area (Å²) < 4.78 is 27.0. The maximum atomic E-state index is 13.0. The molecule has 146 valence electrons. The Morgan fingerprint density at radius 1 is 1.04 bits per heavy atom. The summed E-state index contributed by atoms with van der Waals surface area (Å²) in [5.74, 6) is -0.919. The first-order valence-corrected chi connectivity index (χ1v) is 8.37. The van der Waals surface area contributed by atoms with Crippen molar-refractivity contribution in [1.29, 1.82) is 0 Å². The molecule has 0 amide bonds. The topological polar surface area (TPSA) is 76.7 Å². The maximum absolute atomic E-state index is 13.0. The zero-order valence-electron chi connectivity index (χ0n) is 16.1. The van der Waals surface area contributed by atoms with E-state index >= 15 is 0 Å². The number of benzene rings is 1. The van der Waals surface area contributed by atoms with E-state index in [1.54, 1.807) is 30.9 Å². The average Bonchev–Trinajstić information content (AvgIpc) is 3.10. The second-order valence-corrected chi connectivity index (χ2v) is 6.08. The van der Waals surface area contributed by atoms with E-state index in [4.69, 9.17) is 0 Å². The number of aryl methyl sites for hydroxylation is 3. The summed E-state index contributed by atoms with van der Waals surface area (Å²) in [4.78, 5) is 10.9. The molecule has 3 rings (SSSR count). The number of aromatic nitrogens is 5. The molecule has 8 heteroatoms. The van der Waals surface area contributed by atoms with Gasteiger partial charge in [0.25, 0.3) is 0 Å². The third kappa shape index (κ3) is 8.00. The van der Waals surface area contributed by atoms with Crippen molar-refractivity contribution in [2.24, 2.45) is 7.05 Å². The molecule has 0 saturated heterocycles. The number of aliphatic hydroxyl groups is 1. The van der Waals surface area contributed by atoms with Crippen LogP contribution >= 0.6 is 0 Å². The van der Waals surface area contributed by atoms with Gasteiger partial charge in [-0.3, -0.25) is 4.68 Å². The van der Waals surface area contributed by atoms with Crippen LogP contribution in [0.5, 0.6) is 0 Å². The Morgan fingerprint density at radius 3 is 2.15 bits per heavy atom. The first kappa shape index (κ1) is 22.3. The second-order valence-electron chi connectivity index (χ2n) is 6.08. The normalized spacial score (nSPS) is 12.1. The minimum atomic E-state index is -0.602. The van der Waals surface area contributed by atoms with Gasteiger partial charge in [-0.15, -0.1) is 0 Å². The molecular weight excluding hydrogens is 352 g/mol. The molecule has 0 fully saturated rings. The third-order valence-electron chi connectivity index (χ3n) is 3.85. The van der Waals surface area contributed by atoms with Crippen molar-refractivity contribution in [1.82, 2.24) is 24.7 Å². The quantitative estimate of drug-likeness (QED) is 0.741. The van der Waals surface area contributed by atoms with Crippen molar-refractivity contribution >= 4 is 0 Å². The van der Waals surface area contributed by atoms with Gasteiger partial charge in [0.1, 0.15) is 24.8 Å². The number of hydrogen-bond donors (Lipinski definition) is 1. The smallest absolute Gasteiger partial charge is 0.163 e. The monoisotopic (exact) mass is 377 g/mol. The molecule has 0 saturated carbocycles. The fourth-order valence-corrected chi connectivity index (χ4v) is 1.86. The molecule has 3 aromatic rings. The highest BCUT2D eigenvalue weighted by Gasteiger charge is 2.16. The van der Waals surface area contributed by atoms with E-state index in [9.17, 15) is 13.9 Å². The maximum Gasteiger partial charge on any atom is 0.163 e. The molecule has 2 unspecified atom stereocenters. The first-order valence-electron chi connectivity index (χ1n) is 8.37. The van der Waals surface area contributed by atoms with Gasteiger partial charge in [-0.1, -0.05) is 13.0 Å². The SMILES string of the molecule is CC(O)C(C)c1ncncc1F.Cc1ccc(F)cc1C.Cn1cncn1. The van der Waals surface area contributed by atoms with Gasteiger partial charge in [-0.2, -0.15) is 5.10 Å². The third-order valence-corrected chi connectivity index (χ3v) is 3.85. The lowest BCUT2D eigenvalue weighted by atomic mass is 10.0. The molecule has 0 aliphatic carbocycles. The highest BCUT2D eigenvalue weighted by Crippen LogP contribution is 2.18. The highest BCUT2D eigenvalue weighted by atomic mass is 19.1. The molecule has 6 nitrogen and oxygen atoms in total. The van der Waals surface area contributed by atoms with Gasteiger partial charge < -0.3 is 5.11 Å². The zero-order chi connectivity index (χ0) is 20.4. The van der Waals surface area contributed by atoms with Crippen LogP contribution < -0.4 is 0 Å². The van der Waals surface area contributed by atoms with Crippen LogP contribution in [0.1, 0.15) is 36.6 Å². The van der Waals surface area contributed by atoms with Crippen LogP contribution in [-0.2, 0) is 7.05 Å². The van der Waals surface area contributed by atoms with E-state index in [0.29, 0.717) is 0 Å². The van der Waals surface area contributed by atoms with Crippen molar-refractivity contribution in [2.75, 3.05) is 0 Å². The predicted octanol–water partition coefficient (Wildman–Crippen LogP) is 3.36. The number of hydrogen-bond acceptors (Lipinski definition) is 5. The summed E-state index contributed by atoms with van der Waals surface area (Å²) >= 11 is 0. The van der Waals surface area contributed by atoms with Crippen molar-refractivity contribution in [2.45, 2.75) is 39.7 Å². The lowest BCUT2D eigenvalue weighted by Crippen LogP contribution is -2.14. The van der Waals surface area contributed by atoms with Crippen LogP contribution in [-0.4, -0.2) is 35.9 Å². The van der Waals surface area contributed by atoms with E-state index in [1.165, 1.54) is 24.8 Å². The van der Waals surface area contributed by atoms with Crippen molar-refractivity contribution < 1.29 is 13.9 Å². The van der Waals surface area contributed by atoms with E-state index in [0.717, 1.165) is 17.3 Å². The van der Waals surface area contributed by atoms with E-state index < -0.39 is 11.9 Å². The summed E-state index contributed by atoms with van der Waals surface area (Å²) in [6, 6.07) is 4.79. The Bertz CT molecular complexity index is 810. The van der Waals surface area contributed by atoms with E-state index in [-0.39, 0.29) is 17.4 Å². The standard InChI is InChI=1S/C8H11FN2O.C8H9F.C3H5N3/c1-5(6(2)12)8-7(9)3-10-4-11-8;1-6-3-4-8(9)5-7(6)2;1-6-3-4-2-5-6/h3-6,12H,1-2H3;3-5H,1-2H3;2-3H,1H3. The summed E-state index contributed by atoms with van der Waals surface area (Å²) in [6.45, 7) is 7.19. The van der Waals surface area contributed by atoms with Gasteiger partial charge in [-0.05, 0) is 44.0 Å². The molecule has 0 aliphatic rings. The lowest BCUT2D eigenvalue weighted by Gasteiger charge is -2.13. The Balaban J connectivity index is 0.000000214. The first-order chi connectivity index (χ1) is 12.7. The molecule has 2 aromatic heterocycles. The highest BCUT2D eigenvalue weighted by molar-refractivity contribution is 5.24. The largest absolute Gasteiger partial charge is 0.393 e. The fraction of sp³-hybridized carbons (Fsp3) is 0.368. The van der Waals surface area contributed by atoms with Crippen molar-refractivity contribution in [3.8, 4) is 0 Å². The molecule has 2 atom stereocenters. The minimum Gasteiger partial charge on any atom is -0.393 e. The second kappa shape index (κ2) is 11.1. The Labute approximate surface area is 158 Å². The fourth-order valence-electron chi connectivity index (χ4n) is 1.86. The molecule has 1 aromatic carbocycles. The van der Waals surface area contributed by atoms with Crippen LogP contribution in [0, 0.1) is 25.5 Å². The molecule has 0 aliphatic heterocycles. The summed E-state index contributed by atoms with van der Waals surface area (Å²) in [5.41, 5.74) is 2.41. The van der Waals surface area contributed by atoms with Gasteiger partial charge in [0.05, 0.1) is 18.0 Å². The molecule has 1 N–H and O–H groups in total. The Hall–Kier alpha value is -2.74. The van der Waals surface area contributed by atoms with Gasteiger partial charge in [0.15, 0.2) is 5.82 Å². The van der Waals surface area contributed by atoms with Crippen molar-refractivity contribution in [3.05, 3.63) is 71.8 Å². The molecule has 2 heterocycles. The van der Waals surface area contributed by atoms with E-state index in [1.807, 2.05) is 20.9 Å². The average molecular weight is 377 g/mol. The van der Waals surface area contributed by atoms with Crippen molar-refractivity contribution in [3.63, 3.8) is 0 Å². The predicted molar refractivity (Wildman–Crippen MR) is 99.0 cm³/mol. The number of rotatable bonds is 2. The van der Waals surface area contributed by atoms with E-state index in [2.05, 4.69) is 20.1 Å². The lowest BCUT2D eigenvalue weighted by molar-refractivity contribution is 0.165. The zero-order valence-corrected chi connectivity index (χ0v) is 16.1. The van der Waals surface area contributed by atoms with Crippen LogP contribution in [0.2, 0.25) is 0 Å². The number of nitrogens with zero attached hydrogens (tertiary/aromatic N) is 5. The molecule has 27 heavy (non-hydrogen) atoms. The van der Waals surface area contributed by atoms with Crippen LogP contribution in [0.25, 0.3) is 0 Å². The van der Waals surface area contributed by atoms with Crippen LogP contribution in [0.15, 0.2) is 43.4 Å². The molecular formula is C19H25F2N5O. The Morgan fingerprint density at radius 2 is 1.74 bits per heavy atom. The van der Waals surface area contributed by atoms with Gasteiger partial charge >= 0.3 is 0 Å². The summed E-state index contributed by atoms with van der Waals surface area (Å²) in [6.07, 6.45) is 4.91.